The third-order valence-corrected chi connectivity index (χ3v) is 6.09. The van der Waals surface area contributed by atoms with Gasteiger partial charge in [0.15, 0.2) is 0 Å². The van der Waals surface area contributed by atoms with E-state index in [1.807, 2.05) is 24.3 Å². The number of aromatic nitrogens is 2. The number of ether oxygens (including phenoxy) is 1. The lowest BCUT2D eigenvalue weighted by atomic mass is 10.2. The van der Waals surface area contributed by atoms with Crippen LogP contribution in [0.2, 0.25) is 0 Å². The normalized spacial score (nSPS) is 17.1. The van der Waals surface area contributed by atoms with Gasteiger partial charge in [0, 0.05) is 51.5 Å². The molecule has 0 atom stereocenters. The van der Waals surface area contributed by atoms with E-state index >= 15 is 0 Å². The molecule has 0 spiro atoms. The lowest BCUT2D eigenvalue weighted by molar-refractivity contribution is 0.180. The molecule has 0 amide bonds. The zero-order valence-electron chi connectivity index (χ0n) is 13.9. The van der Waals surface area contributed by atoms with Gasteiger partial charge in [0.2, 0.25) is 10.0 Å². The van der Waals surface area contributed by atoms with Gasteiger partial charge < -0.3 is 4.74 Å². The Morgan fingerprint density at radius 3 is 2.50 bits per heavy atom. The van der Waals surface area contributed by atoms with Crippen LogP contribution in [0.1, 0.15) is 5.56 Å². The molecule has 1 aliphatic rings. The number of methoxy groups -OCH3 is 1. The number of hydrogen-bond acceptors (Lipinski definition) is 5. The number of piperazine rings is 1. The van der Waals surface area contributed by atoms with Crippen LogP contribution in [0.25, 0.3) is 0 Å². The van der Waals surface area contributed by atoms with Gasteiger partial charge in [0.05, 0.1) is 13.3 Å². The summed E-state index contributed by atoms with van der Waals surface area (Å²) < 4.78 is 33.6. The smallest absolute Gasteiger partial charge is 0.246 e. The second-order valence-corrected chi connectivity index (χ2v) is 7.78. The average molecular weight is 350 g/mol. The minimum atomic E-state index is -3.45. The van der Waals surface area contributed by atoms with Crippen molar-refractivity contribution in [1.82, 2.24) is 19.0 Å². The fourth-order valence-electron chi connectivity index (χ4n) is 2.88. The minimum Gasteiger partial charge on any atom is -0.496 e. The maximum Gasteiger partial charge on any atom is 0.246 e. The summed E-state index contributed by atoms with van der Waals surface area (Å²) in [6.45, 7) is 3.10. The maximum atomic E-state index is 12.6. The molecular formula is C16H22N4O3S. The summed E-state index contributed by atoms with van der Waals surface area (Å²) in [4.78, 5) is 2.50. The molecular weight excluding hydrogens is 328 g/mol. The largest absolute Gasteiger partial charge is 0.496 e. The fourth-order valence-corrected chi connectivity index (χ4v) is 4.29. The number of benzene rings is 1. The summed E-state index contributed by atoms with van der Waals surface area (Å²) in [5.41, 5.74) is 1.11. The van der Waals surface area contributed by atoms with Gasteiger partial charge in [-0.25, -0.2) is 8.42 Å². The van der Waals surface area contributed by atoms with E-state index in [0.717, 1.165) is 17.9 Å². The van der Waals surface area contributed by atoms with Crippen molar-refractivity contribution in [3.8, 4) is 5.75 Å². The Labute approximate surface area is 142 Å². The molecule has 1 aliphatic heterocycles. The van der Waals surface area contributed by atoms with E-state index in [1.165, 1.54) is 21.4 Å². The molecule has 0 aliphatic carbocycles. The van der Waals surface area contributed by atoms with Crippen LogP contribution in [0.4, 0.5) is 0 Å². The minimum absolute atomic E-state index is 0.253. The molecule has 130 valence electrons. The second kappa shape index (κ2) is 6.92. The van der Waals surface area contributed by atoms with E-state index in [9.17, 15) is 8.42 Å². The average Bonchev–Trinajstić information content (AvgIpc) is 3.03. The first-order valence-corrected chi connectivity index (χ1v) is 9.28. The summed E-state index contributed by atoms with van der Waals surface area (Å²) in [6.07, 6.45) is 2.94. The van der Waals surface area contributed by atoms with Gasteiger partial charge in [-0.15, -0.1) is 0 Å². The molecule has 0 unspecified atom stereocenters. The molecule has 2 aromatic rings. The number of sulfonamides is 1. The summed E-state index contributed by atoms with van der Waals surface area (Å²) in [7, 11) is -0.0752. The van der Waals surface area contributed by atoms with E-state index in [4.69, 9.17) is 4.74 Å². The van der Waals surface area contributed by atoms with Gasteiger partial charge >= 0.3 is 0 Å². The topological polar surface area (TPSA) is 67.7 Å². The Morgan fingerprint density at radius 2 is 1.88 bits per heavy atom. The van der Waals surface area contributed by atoms with Crippen LogP contribution in [-0.2, 0) is 23.6 Å². The molecule has 1 fully saturated rings. The van der Waals surface area contributed by atoms with Gasteiger partial charge in [-0.3, -0.25) is 9.58 Å². The lowest BCUT2D eigenvalue weighted by Gasteiger charge is -2.33. The SMILES string of the molecule is COc1ccccc1CN1CCN(S(=O)(=O)c2cnn(C)c2)CC1. The summed E-state index contributed by atoms with van der Waals surface area (Å²) in [5.74, 6) is 0.864. The molecule has 0 saturated carbocycles. The van der Waals surface area contributed by atoms with Crippen molar-refractivity contribution in [3.63, 3.8) is 0 Å². The molecule has 1 aromatic heterocycles. The molecule has 0 N–H and O–H groups in total. The van der Waals surface area contributed by atoms with Crippen molar-refractivity contribution in [3.05, 3.63) is 42.2 Å². The van der Waals surface area contributed by atoms with E-state index < -0.39 is 10.0 Å². The van der Waals surface area contributed by atoms with E-state index in [2.05, 4.69) is 10.00 Å². The number of para-hydroxylation sites is 1. The Morgan fingerprint density at radius 1 is 1.17 bits per heavy atom. The highest BCUT2D eigenvalue weighted by atomic mass is 32.2. The first-order chi connectivity index (χ1) is 11.5. The molecule has 7 nitrogen and oxygen atoms in total. The number of nitrogens with zero attached hydrogens (tertiary/aromatic N) is 4. The van der Waals surface area contributed by atoms with Crippen molar-refractivity contribution >= 4 is 10.0 Å². The van der Waals surface area contributed by atoms with Crippen LogP contribution in [-0.4, -0.2) is 60.7 Å². The maximum absolute atomic E-state index is 12.6. The molecule has 2 heterocycles. The van der Waals surface area contributed by atoms with Crippen molar-refractivity contribution < 1.29 is 13.2 Å². The van der Waals surface area contributed by atoms with Crippen LogP contribution in [0.15, 0.2) is 41.6 Å². The van der Waals surface area contributed by atoms with Gasteiger partial charge in [-0.05, 0) is 6.07 Å². The van der Waals surface area contributed by atoms with Crippen LogP contribution in [0.5, 0.6) is 5.75 Å². The zero-order chi connectivity index (χ0) is 17.2. The summed E-state index contributed by atoms with van der Waals surface area (Å²) >= 11 is 0. The van der Waals surface area contributed by atoms with Crippen LogP contribution in [0, 0.1) is 0 Å². The predicted octanol–water partition coefficient (Wildman–Crippen LogP) is 0.935. The highest BCUT2D eigenvalue weighted by Gasteiger charge is 2.29. The second-order valence-electron chi connectivity index (χ2n) is 5.84. The highest BCUT2D eigenvalue weighted by Crippen LogP contribution is 2.21. The molecule has 1 saturated heterocycles. The van der Waals surface area contributed by atoms with Crippen molar-refractivity contribution in [1.29, 1.82) is 0 Å². The predicted molar refractivity (Wildman–Crippen MR) is 90.2 cm³/mol. The fraction of sp³-hybridized carbons (Fsp3) is 0.438. The van der Waals surface area contributed by atoms with Crippen LogP contribution < -0.4 is 4.74 Å². The molecule has 1 aromatic carbocycles. The highest BCUT2D eigenvalue weighted by molar-refractivity contribution is 7.89. The third kappa shape index (κ3) is 3.45. The van der Waals surface area contributed by atoms with Crippen LogP contribution in [0.3, 0.4) is 0 Å². The van der Waals surface area contributed by atoms with E-state index in [1.54, 1.807) is 14.2 Å². The Kier molecular flexibility index (Phi) is 4.88. The van der Waals surface area contributed by atoms with Crippen LogP contribution >= 0.6 is 0 Å². The van der Waals surface area contributed by atoms with E-state index in [0.29, 0.717) is 26.2 Å². The summed E-state index contributed by atoms with van der Waals surface area (Å²) in [5, 5.41) is 3.95. The van der Waals surface area contributed by atoms with Gasteiger partial charge in [-0.2, -0.15) is 9.40 Å². The Hall–Kier alpha value is -1.90. The standard InChI is InChI=1S/C16H22N4O3S/c1-18-13-15(11-17-18)24(21,22)20-9-7-19(8-10-20)12-14-5-3-4-6-16(14)23-2/h3-6,11,13H,7-10,12H2,1-2H3. The van der Waals surface area contributed by atoms with Crippen molar-refractivity contribution in [2.24, 2.45) is 7.05 Å². The van der Waals surface area contributed by atoms with Gasteiger partial charge in [0.25, 0.3) is 0 Å². The van der Waals surface area contributed by atoms with Crippen molar-refractivity contribution in [2.75, 3.05) is 33.3 Å². The molecule has 8 heteroatoms. The Bertz CT molecular complexity index is 795. The number of hydrogen-bond donors (Lipinski definition) is 0. The monoisotopic (exact) mass is 350 g/mol. The van der Waals surface area contributed by atoms with Crippen molar-refractivity contribution in [2.45, 2.75) is 11.4 Å². The molecule has 3 rings (SSSR count). The third-order valence-electron chi connectivity index (χ3n) is 4.24. The first-order valence-electron chi connectivity index (χ1n) is 7.84. The summed E-state index contributed by atoms with van der Waals surface area (Å²) in [6, 6.07) is 7.91. The molecule has 0 bridgehead atoms. The van der Waals surface area contributed by atoms with Gasteiger partial charge in [0.1, 0.15) is 10.6 Å². The lowest BCUT2D eigenvalue weighted by Crippen LogP contribution is -2.48. The Balaban J connectivity index is 1.64. The quantitative estimate of drug-likeness (QED) is 0.803. The molecule has 0 radical (unpaired) electrons. The number of aryl methyl sites for hydroxylation is 1. The van der Waals surface area contributed by atoms with Gasteiger partial charge in [-0.1, -0.05) is 18.2 Å². The zero-order valence-corrected chi connectivity index (χ0v) is 14.7. The number of rotatable bonds is 5. The molecule has 24 heavy (non-hydrogen) atoms. The van der Waals surface area contributed by atoms with E-state index in [-0.39, 0.29) is 4.90 Å². The first kappa shape index (κ1) is 16.9.